The van der Waals surface area contributed by atoms with Crippen LogP contribution < -0.4 is 5.32 Å². The number of hydrogen-bond acceptors (Lipinski definition) is 1. The van der Waals surface area contributed by atoms with Gasteiger partial charge in [-0.25, -0.2) is 4.39 Å². The van der Waals surface area contributed by atoms with Gasteiger partial charge in [-0.2, -0.15) is 0 Å². The van der Waals surface area contributed by atoms with Gasteiger partial charge in [-0.05, 0) is 35.4 Å². The third kappa shape index (κ3) is 3.70. The van der Waals surface area contributed by atoms with Gasteiger partial charge in [0.1, 0.15) is 5.82 Å². The lowest BCUT2D eigenvalue weighted by atomic mass is 10.2. The molecule has 0 aromatic heterocycles. The van der Waals surface area contributed by atoms with E-state index in [1.54, 1.807) is 12.1 Å². The first-order valence-electron chi connectivity index (χ1n) is 5.54. The zero-order chi connectivity index (χ0) is 13.0. The quantitative estimate of drug-likeness (QED) is 0.876. The Bertz CT molecular complexity index is 543. The summed E-state index contributed by atoms with van der Waals surface area (Å²) in [5, 5.41) is 4.31. The van der Waals surface area contributed by atoms with Crippen LogP contribution in [0, 0.1) is 5.82 Å². The van der Waals surface area contributed by atoms with Crippen molar-refractivity contribution < 1.29 is 4.39 Å². The molecule has 94 valence electrons. The first-order valence-corrected chi connectivity index (χ1v) is 6.30. The Morgan fingerprint density at radius 2 is 1.61 bits per heavy atom. The minimum absolute atomic E-state index is 0.219. The number of halogens is 3. The maximum atomic E-state index is 13.0. The molecule has 0 bridgehead atoms. The Hall–Kier alpha value is -1.09. The van der Waals surface area contributed by atoms with E-state index in [2.05, 4.69) is 5.32 Å². The van der Waals surface area contributed by atoms with Gasteiger partial charge in [0.05, 0.1) is 10.0 Å². The SMILES string of the molecule is Fc1cccc(CNCc2ccc(Cl)c(Cl)c2)c1. The minimum Gasteiger partial charge on any atom is -0.309 e. The largest absolute Gasteiger partial charge is 0.309 e. The van der Waals surface area contributed by atoms with Gasteiger partial charge in [0, 0.05) is 13.1 Å². The molecule has 0 unspecified atom stereocenters. The standard InChI is InChI=1S/C14H12Cl2FN/c15-13-5-4-11(7-14(13)16)9-18-8-10-2-1-3-12(17)6-10/h1-7,18H,8-9H2. The molecule has 0 saturated heterocycles. The van der Waals surface area contributed by atoms with Crippen LogP contribution in [-0.4, -0.2) is 0 Å². The Kier molecular flexibility index (Phi) is 4.59. The highest BCUT2D eigenvalue weighted by Crippen LogP contribution is 2.22. The van der Waals surface area contributed by atoms with E-state index >= 15 is 0 Å². The second-order valence-electron chi connectivity index (χ2n) is 3.98. The summed E-state index contributed by atoms with van der Waals surface area (Å²) in [5.41, 5.74) is 1.95. The van der Waals surface area contributed by atoms with E-state index in [0.717, 1.165) is 11.1 Å². The van der Waals surface area contributed by atoms with E-state index in [4.69, 9.17) is 23.2 Å². The van der Waals surface area contributed by atoms with E-state index in [9.17, 15) is 4.39 Å². The van der Waals surface area contributed by atoms with Crippen LogP contribution in [0.4, 0.5) is 4.39 Å². The van der Waals surface area contributed by atoms with Gasteiger partial charge in [0.2, 0.25) is 0 Å². The molecular formula is C14H12Cl2FN. The molecule has 1 nitrogen and oxygen atoms in total. The van der Waals surface area contributed by atoms with Crippen LogP contribution in [0.2, 0.25) is 10.0 Å². The van der Waals surface area contributed by atoms with Crippen molar-refractivity contribution in [1.82, 2.24) is 5.32 Å². The molecule has 1 N–H and O–H groups in total. The minimum atomic E-state index is -0.219. The molecule has 0 aliphatic carbocycles. The van der Waals surface area contributed by atoms with E-state index in [-0.39, 0.29) is 5.82 Å². The fraction of sp³-hybridized carbons (Fsp3) is 0.143. The average molecular weight is 284 g/mol. The predicted octanol–water partition coefficient (Wildman–Crippen LogP) is 4.42. The van der Waals surface area contributed by atoms with E-state index in [0.29, 0.717) is 23.1 Å². The van der Waals surface area contributed by atoms with Gasteiger partial charge in [-0.3, -0.25) is 0 Å². The molecule has 0 atom stereocenters. The molecule has 2 aromatic rings. The van der Waals surface area contributed by atoms with Crippen molar-refractivity contribution in [1.29, 1.82) is 0 Å². The molecule has 0 fully saturated rings. The highest BCUT2D eigenvalue weighted by molar-refractivity contribution is 6.42. The summed E-state index contributed by atoms with van der Waals surface area (Å²) in [7, 11) is 0. The molecule has 0 heterocycles. The van der Waals surface area contributed by atoms with Gasteiger partial charge in [-0.15, -0.1) is 0 Å². The highest BCUT2D eigenvalue weighted by atomic mass is 35.5. The lowest BCUT2D eigenvalue weighted by molar-refractivity contribution is 0.620. The molecule has 0 radical (unpaired) electrons. The van der Waals surface area contributed by atoms with Crippen molar-refractivity contribution in [3.05, 3.63) is 69.5 Å². The molecular weight excluding hydrogens is 272 g/mol. The van der Waals surface area contributed by atoms with Crippen molar-refractivity contribution in [2.24, 2.45) is 0 Å². The average Bonchev–Trinajstić information content (AvgIpc) is 2.34. The van der Waals surface area contributed by atoms with E-state index in [1.807, 2.05) is 18.2 Å². The van der Waals surface area contributed by atoms with Crippen LogP contribution in [0.15, 0.2) is 42.5 Å². The number of nitrogens with one attached hydrogen (secondary N) is 1. The van der Waals surface area contributed by atoms with Gasteiger partial charge >= 0.3 is 0 Å². The molecule has 0 amide bonds. The molecule has 0 aliphatic heterocycles. The van der Waals surface area contributed by atoms with Gasteiger partial charge in [-0.1, -0.05) is 41.4 Å². The summed E-state index contributed by atoms with van der Waals surface area (Å²) >= 11 is 11.8. The lowest BCUT2D eigenvalue weighted by Gasteiger charge is -2.06. The first kappa shape index (κ1) is 13.3. The molecule has 18 heavy (non-hydrogen) atoms. The van der Waals surface area contributed by atoms with Crippen molar-refractivity contribution in [3.63, 3.8) is 0 Å². The molecule has 0 spiro atoms. The van der Waals surface area contributed by atoms with Gasteiger partial charge < -0.3 is 5.32 Å². The van der Waals surface area contributed by atoms with E-state index < -0.39 is 0 Å². The van der Waals surface area contributed by atoms with Gasteiger partial charge in [0.15, 0.2) is 0 Å². The number of benzene rings is 2. The zero-order valence-electron chi connectivity index (χ0n) is 9.59. The third-order valence-electron chi connectivity index (χ3n) is 2.53. The van der Waals surface area contributed by atoms with Crippen LogP contribution in [0.1, 0.15) is 11.1 Å². The monoisotopic (exact) mass is 283 g/mol. The Labute approximate surface area is 116 Å². The summed E-state index contributed by atoms with van der Waals surface area (Å²) in [6.07, 6.45) is 0. The maximum Gasteiger partial charge on any atom is 0.123 e. The third-order valence-corrected chi connectivity index (χ3v) is 3.27. The molecule has 2 aromatic carbocycles. The zero-order valence-corrected chi connectivity index (χ0v) is 11.1. The topological polar surface area (TPSA) is 12.0 Å². The summed E-state index contributed by atoms with van der Waals surface area (Å²) in [5.74, 6) is -0.219. The summed E-state index contributed by atoms with van der Waals surface area (Å²) in [6.45, 7) is 1.27. The van der Waals surface area contributed by atoms with Crippen molar-refractivity contribution >= 4 is 23.2 Å². The summed E-state index contributed by atoms with van der Waals surface area (Å²) in [6, 6.07) is 12.0. The second-order valence-corrected chi connectivity index (χ2v) is 4.80. The van der Waals surface area contributed by atoms with Crippen LogP contribution in [-0.2, 0) is 13.1 Å². The van der Waals surface area contributed by atoms with Crippen LogP contribution in [0.3, 0.4) is 0 Å². The summed E-state index contributed by atoms with van der Waals surface area (Å²) in [4.78, 5) is 0. The molecule has 0 aliphatic rings. The van der Waals surface area contributed by atoms with E-state index in [1.165, 1.54) is 12.1 Å². The van der Waals surface area contributed by atoms with Crippen LogP contribution in [0.25, 0.3) is 0 Å². The molecule has 4 heteroatoms. The highest BCUT2D eigenvalue weighted by Gasteiger charge is 2.00. The van der Waals surface area contributed by atoms with Crippen LogP contribution in [0.5, 0.6) is 0 Å². The van der Waals surface area contributed by atoms with Crippen LogP contribution >= 0.6 is 23.2 Å². The maximum absolute atomic E-state index is 13.0. The predicted molar refractivity (Wildman–Crippen MR) is 73.4 cm³/mol. The lowest BCUT2D eigenvalue weighted by Crippen LogP contribution is -2.12. The van der Waals surface area contributed by atoms with Crippen molar-refractivity contribution in [2.75, 3.05) is 0 Å². The first-order chi connectivity index (χ1) is 8.65. The fourth-order valence-corrected chi connectivity index (χ4v) is 1.97. The Morgan fingerprint density at radius 3 is 2.28 bits per heavy atom. The normalized spacial score (nSPS) is 10.6. The van der Waals surface area contributed by atoms with Crippen molar-refractivity contribution in [2.45, 2.75) is 13.1 Å². The number of hydrogen-bond donors (Lipinski definition) is 1. The Balaban J connectivity index is 1.90. The molecule has 2 rings (SSSR count). The molecule has 0 saturated carbocycles. The second kappa shape index (κ2) is 6.19. The Morgan fingerprint density at radius 1 is 0.889 bits per heavy atom. The van der Waals surface area contributed by atoms with Crippen molar-refractivity contribution in [3.8, 4) is 0 Å². The fourth-order valence-electron chi connectivity index (χ4n) is 1.65. The number of rotatable bonds is 4. The van der Waals surface area contributed by atoms with Gasteiger partial charge in [0.25, 0.3) is 0 Å². The summed E-state index contributed by atoms with van der Waals surface area (Å²) < 4.78 is 13.0. The smallest absolute Gasteiger partial charge is 0.123 e.